The molecule has 1 atom stereocenters. The molecule has 6 nitrogen and oxygen atoms in total. The molecule has 1 aliphatic rings. The Labute approximate surface area is 162 Å². The summed E-state index contributed by atoms with van der Waals surface area (Å²) >= 11 is 1.64. The zero-order valence-electron chi connectivity index (χ0n) is 15.3. The minimum atomic E-state index is -0.0919. The van der Waals surface area contributed by atoms with Gasteiger partial charge in [-0.1, -0.05) is 42.1 Å². The van der Waals surface area contributed by atoms with Crippen LogP contribution in [0.5, 0.6) is 0 Å². The van der Waals surface area contributed by atoms with E-state index in [0.717, 1.165) is 28.5 Å². The van der Waals surface area contributed by atoms with Crippen molar-refractivity contribution in [1.82, 2.24) is 14.8 Å². The Kier molecular flexibility index (Phi) is 4.85. The van der Waals surface area contributed by atoms with E-state index in [-0.39, 0.29) is 11.3 Å². The molecular weight excluding hydrogens is 358 g/mol. The molecule has 0 radical (unpaired) electrons. The Hall–Kier alpha value is -2.80. The first-order valence-electron chi connectivity index (χ1n) is 8.89. The van der Waals surface area contributed by atoms with Gasteiger partial charge >= 0.3 is 6.03 Å². The molecule has 0 bridgehead atoms. The van der Waals surface area contributed by atoms with Crippen molar-refractivity contribution < 1.29 is 4.79 Å². The second-order valence-corrected chi connectivity index (χ2v) is 7.88. The molecule has 1 aliphatic heterocycles. The highest BCUT2D eigenvalue weighted by Gasteiger charge is 2.24. The number of benzene rings is 2. The highest BCUT2D eigenvalue weighted by molar-refractivity contribution is 7.99. The predicted molar refractivity (Wildman–Crippen MR) is 108 cm³/mol. The number of carbonyl (C=O) groups is 1. The number of para-hydroxylation sites is 1. The van der Waals surface area contributed by atoms with Crippen LogP contribution in [0, 0.1) is 0 Å². The Morgan fingerprint density at radius 3 is 2.89 bits per heavy atom. The maximum absolute atomic E-state index is 12.7. The lowest BCUT2D eigenvalue weighted by Gasteiger charge is -2.19. The summed E-state index contributed by atoms with van der Waals surface area (Å²) in [5, 5.41) is 12.1. The number of urea groups is 1. The Bertz CT molecular complexity index is 970. The van der Waals surface area contributed by atoms with Crippen LogP contribution in [0.15, 0.2) is 60.0 Å². The van der Waals surface area contributed by atoms with Gasteiger partial charge in [0.25, 0.3) is 0 Å². The fourth-order valence-electron chi connectivity index (χ4n) is 3.21. The van der Waals surface area contributed by atoms with Crippen LogP contribution < -0.4 is 10.2 Å². The second-order valence-electron chi connectivity index (χ2n) is 6.57. The minimum absolute atomic E-state index is 0.0919. The smallest absolute Gasteiger partial charge is 0.312 e. The summed E-state index contributed by atoms with van der Waals surface area (Å²) in [5.74, 6) is 0. The number of amides is 2. The molecule has 138 valence electrons. The molecule has 0 spiro atoms. The first-order chi connectivity index (χ1) is 13.1. The SMILES string of the molecule is C[C@H](Sc1nncn1C)c1cccc(NC(=O)N2CCc3ccccc32)c1. The maximum atomic E-state index is 12.7. The standard InChI is InChI=1S/C20H21N5OS/c1-14(27-20-23-21-13-24(20)2)16-7-5-8-17(12-16)22-19(26)25-11-10-15-6-3-4-9-18(15)25/h3-9,12-14H,10-11H2,1-2H3,(H,22,26)/t14-/m0/s1. The van der Waals surface area contributed by atoms with Crippen molar-refractivity contribution in [1.29, 1.82) is 0 Å². The summed E-state index contributed by atoms with van der Waals surface area (Å²) < 4.78 is 1.90. The molecule has 3 aromatic rings. The van der Waals surface area contributed by atoms with E-state index in [2.05, 4.69) is 34.6 Å². The first kappa shape index (κ1) is 17.6. The van der Waals surface area contributed by atoms with Gasteiger partial charge in [0, 0.05) is 30.2 Å². The molecule has 0 saturated heterocycles. The summed E-state index contributed by atoms with van der Waals surface area (Å²) in [4.78, 5) is 14.6. The number of aryl methyl sites for hydroxylation is 1. The Balaban J connectivity index is 1.47. The average molecular weight is 379 g/mol. The van der Waals surface area contributed by atoms with Crippen LogP contribution in [0.4, 0.5) is 16.2 Å². The number of anilines is 2. The Morgan fingerprint density at radius 1 is 1.22 bits per heavy atom. The van der Waals surface area contributed by atoms with Gasteiger partial charge in [0.1, 0.15) is 6.33 Å². The van der Waals surface area contributed by atoms with E-state index in [9.17, 15) is 4.79 Å². The number of aromatic nitrogens is 3. The van der Waals surface area contributed by atoms with E-state index >= 15 is 0 Å². The van der Waals surface area contributed by atoms with Gasteiger partial charge < -0.3 is 9.88 Å². The molecule has 27 heavy (non-hydrogen) atoms. The normalized spacial score (nSPS) is 14.1. The molecule has 2 amide bonds. The first-order valence-corrected chi connectivity index (χ1v) is 9.77. The summed E-state index contributed by atoms with van der Waals surface area (Å²) in [6.07, 6.45) is 2.59. The predicted octanol–water partition coefficient (Wildman–Crippen LogP) is 4.26. The molecule has 7 heteroatoms. The lowest BCUT2D eigenvalue weighted by Crippen LogP contribution is -2.33. The Morgan fingerprint density at radius 2 is 2.07 bits per heavy atom. The lowest BCUT2D eigenvalue weighted by atomic mass is 10.1. The minimum Gasteiger partial charge on any atom is -0.312 e. The third-order valence-corrected chi connectivity index (χ3v) is 5.90. The highest BCUT2D eigenvalue weighted by atomic mass is 32.2. The van der Waals surface area contributed by atoms with Gasteiger partial charge in [-0.2, -0.15) is 0 Å². The largest absolute Gasteiger partial charge is 0.326 e. The van der Waals surface area contributed by atoms with Crippen LogP contribution in [0.3, 0.4) is 0 Å². The van der Waals surface area contributed by atoms with Crippen molar-refractivity contribution in [3.63, 3.8) is 0 Å². The molecule has 1 N–H and O–H groups in total. The zero-order chi connectivity index (χ0) is 18.8. The van der Waals surface area contributed by atoms with Crippen LogP contribution in [0.2, 0.25) is 0 Å². The fourth-order valence-corrected chi connectivity index (χ4v) is 4.12. The molecule has 0 saturated carbocycles. The molecule has 1 aromatic heterocycles. The van der Waals surface area contributed by atoms with E-state index in [0.29, 0.717) is 6.54 Å². The number of fused-ring (bicyclic) bond motifs is 1. The van der Waals surface area contributed by atoms with Crippen molar-refractivity contribution in [3.8, 4) is 0 Å². The monoisotopic (exact) mass is 379 g/mol. The van der Waals surface area contributed by atoms with E-state index in [1.54, 1.807) is 23.0 Å². The van der Waals surface area contributed by atoms with Crippen LogP contribution in [-0.2, 0) is 13.5 Å². The third-order valence-electron chi connectivity index (χ3n) is 4.69. The number of carbonyl (C=O) groups excluding carboxylic acids is 1. The molecule has 0 aliphatic carbocycles. The summed E-state index contributed by atoms with van der Waals surface area (Å²) in [6.45, 7) is 2.83. The summed E-state index contributed by atoms with van der Waals surface area (Å²) in [6, 6.07) is 15.9. The maximum Gasteiger partial charge on any atom is 0.326 e. The lowest BCUT2D eigenvalue weighted by molar-refractivity contribution is 0.257. The van der Waals surface area contributed by atoms with Crippen molar-refractivity contribution in [2.24, 2.45) is 7.05 Å². The number of rotatable bonds is 4. The van der Waals surface area contributed by atoms with Crippen LogP contribution in [0.1, 0.15) is 23.3 Å². The summed E-state index contributed by atoms with van der Waals surface area (Å²) in [5.41, 5.74) is 4.14. The molecule has 0 fully saturated rings. The quantitative estimate of drug-likeness (QED) is 0.688. The zero-order valence-corrected chi connectivity index (χ0v) is 16.1. The van der Waals surface area contributed by atoms with E-state index in [1.165, 1.54) is 5.56 Å². The summed E-state index contributed by atoms with van der Waals surface area (Å²) in [7, 11) is 1.93. The number of thioether (sulfide) groups is 1. The van der Waals surface area contributed by atoms with Gasteiger partial charge in [-0.05, 0) is 42.7 Å². The van der Waals surface area contributed by atoms with Crippen LogP contribution >= 0.6 is 11.8 Å². The number of hydrogen-bond donors (Lipinski definition) is 1. The van der Waals surface area contributed by atoms with Crippen molar-refractivity contribution >= 4 is 29.2 Å². The molecule has 2 aromatic carbocycles. The number of hydrogen-bond acceptors (Lipinski definition) is 4. The van der Waals surface area contributed by atoms with E-state index < -0.39 is 0 Å². The van der Waals surface area contributed by atoms with Gasteiger partial charge in [-0.15, -0.1) is 10.2 Å². The molecule has 0 unspecified atom stereocenters. The van der Waals surface area contributed by atoms with Crippen molar-refractivity contribution in [2.75, 3.05) is 16.8 Å². The van der Waals surface area contributed by atoms with Gasteiger partial charge in [-0.25, -0.2) is 4.79 Å². The van der Waals surface area contributed by atoms with Crippen LogP contribution in [0.25, 0.3) is 0 Å². The number of nitrogens with zero attached hydrogens (tertiary/aromatic N) is 4. The van der Waals surface area contributed by atoms with E-state index in [1.807, 2.05) is 48.0 Å². The van der Waals surface area contributed by atoms with Crippen molar-refractivity contribution in [2.45, 2.75) is 23.8 Å². The molecular formula is C20H21N5OS. The van der Waals surface area contributed by atoms with E-state index in [4.69, 9.17) is 0 Å². The van der Waals surface area contributed by atoms with Gasteiger partial charge in [0.05, 0.1) is 0 Å². The van der Waals surface area contributed by atoms with Gasteiger partial charge in [0.2, 0.25) is 0 Å². The third kappa shape index (κ3) is 3.68. The fraction of sp³-hybridized carbons (Fsp3) is 0.250. The van der Waals surface area contributed by atoms with Gasteiger partial charge in [0.15, 0.2) is 5.16 Å². The van der Waals surface area contributed by atoms with Crippen molar-refractivity contribution in [3.05, 3.63) is 66.0 Å². The average Bonchev–Trinajstić information content (AvgIpc) is 3.28. The van der Waals surface area contributed by atoms with Crippen LogP contribution in [-0.4, -0.2) is 27.3 Å². The number of nitrogens with one attached hydrogen (secondary N) is 1. The highest BCUT2D eigenvalue weighted by Crippen LogP contribution is 2.34. The van der Waals surface area contributed by atoms with Gasteiger partial charge in [-0.3, -0.25) is 4.90 Å². The molecule has 2 heterocycles. The second kappa shape index (κ2) is 7.44. The molecule has 4 rings (SSSR count). The topological polar surface area (TPSA) is 63.1 Å².